The second-order valence-corrected chi connectivity index (χ2v) is 33.9. The van der Waals surface area contributed by atoms with E-state index in [4.69, 9.17) is 73.8 Å². The Labute approximate surface area is 699 Å². The van der Waals surface area contributed by atoms with E-state index in [9.17, 15) is 73.5 Å². The number of hydrazine groups is 1. The van der Waals surface area contributed by atoms with Crippen LogP contribution in [0.1, 0.15) is 136 Å². The molecule has 0 saturated carbocycles. The SMILES string of the molecule is C#C/C=C\C#C[C@]1(O)CC(=O)C(NC(=O)OC)=C([C@H](C)OC2OC(C)C(NOC3CC(O)C(SC(=O)c4c(C)c(I)c(OC5OC(C)C(O)C(OC)C5O)c(OC)c4OC)C(C)O3)C(O)C2OC2CC(OC)C(N(CC)C(C)=O)CO2)/C1=C\CSSC(C)(C)CC(=O)NNC(=O)[C@H](C)CC(=O)[C@H](CC(N)=O)NC(=O)CCCC(=O)NC. The van der Waals surface area contributed by atoms with Gasteiger partial charge < -0.3 is 104 Å². The number of carbonyl (C=O) groups is 10. The number of ether oxygens (including phenoxy) is 12. The molecule has 646 valence electrons. The van der Waals surface area contributed by atoms with Gasteiger partial charge in [0, 0.05) is 101 Å². The standard InChI is InChI=1S/C76H109IN8O28S3/c1-18-20-21-22-27-76(100)33-48(89)60(81-74(99)105-17)57(43(76)26-28-114-116-75(10,11)34-53(93)82-83-70(97)36(3)29-46(87)44(30-50(78)90)80-52(92)25-23-24-51(91)79-12)38(5)108-73-67(111-54-32-49(101-13)45(35-106-54)85(19-2)42(9)86)62(95)59(39(6)109-73)84-113-55-31-47(88)69(41(8)107-55)115-71(98)56-37(4)58(77)65(68(104-16)64(56)102-14)112-72-63(96)66(103-15)61(94)40(7)110-72/h1,20-21,26,36,38-41,44-45,47,49,54-55,59,61-63,66-67,69,72-73,84,88,94-96,100H,19,23-25,28-35H2,2-17H3,(H2,78,90)(H,79,91)(H,80,92)(H,81,99)(H,82,93)(H,83,97)/b21-20-,43-26+/t36-,38+,39?,40?,41?,44+,45?,47?,49?,54?,55?,59?,61?,62?,63?,66?,67?,69?,72?,73?,76+/m1/s1. The zero-order valence-electron chi connectivity index (χ0n) is 67.6. The lowest BCUT2D eigenvalue weighted by Gasteiger charge is -2.47. The maximum absolute atomic E-state index is 14.6. The fourth-order valence-corrected chi connectivity index (χ4v) is 17.7. The van der Waals surface area contributed by atoms with Gasteiger partial charge in [-0.25, -0.2) is 4.79 Å². The quantitative estimate of drug-likeness (QED) is 0.0150. The molecule has 7 amide bonds. The Kier molecular flexibility index (Phi) is 38.5. The van der Waals surface area contributed by atoms with Gasteiger partial charge in [-0.1, -0.05) is 64.1 Å². The Morgan fingerprint density at radius 2 is 1.53 bits per heavy atom. The third-order valence-corrected chi connectivity index (χ3v) is 25.5. The topological polar surface area (TPSA) is 493 Å². The average Bonchev–Trinajstić information content (AvgIpc) is 0.756. The molecule has 36 nitrogen and oxygen atoms in total. The van der Waals surface area contributed by atoms with E-state index in [0.29, 0.717) is 15.7 Å². The summed E-state index contributed by atoms with van der Waals surface area (Å²) in [4.78, 5) is 139. The summed E-state index contributed by atoms with van der Waals surface area (Å²) < 4.78 is 72.0. The molecule has 0 radical (unpaired) electrons. The smallest absolute Gasteiger partial charge is 0.411 e. The van der Waals surface area contributed by atoms with Crippen LogP contribution < -0.4 is 52.2 Å². The molecule has 40 heteroatoms. The number of nitrogens with one attached hydrogen (secondary N) is 6. The molecular weight excluding hydrogens is 1700 g/mol. The van der Waals surface area contributed by atoms with Crippen LogP contribution in [-0.4, -0.2) is 276 Å². The molecule has 4 aliphatic heterocycles. The zero-order chi connectivity index (χ0) is 86.4. The largest absolute Gasteiger partial charge is 0.492 e. The number of benzene rings is 1. The van der Waals surface area contributed by atoms with Crippen LogP contribution in [0.5, 0.6) is 17.2 Å². The van der Waals surface area contributed by atoms with E-state index < -0.39 is 198 Å². The highest BCUT2D eigenvalue weighted by Gasteiger charge is 2.52. The molecule has 6 rings (SSSR count). The Morgan fingerprint density at radius 1 is 0.845 bits per heavy atom. The Hall–Kier alpha value is -6.76. The summed E-state index contributed by atoms with van der Waals surface area (Å²) >= 11 is 2.75. The fraction of sp³-hybridized carbons (Fsp3) is 0.658. The highest BCUT2D eigenvalue weighted by molar-refractivity contribution is 14.1. The van der Waals surface area contributed by atoms with Crippen molar-refractivity contribution >= 4 is 114 Å². The number of amides is 7. The molecule has 1 aromatic rings. The minimum absolute atomic E-state index is 0.00260. The van der Waals surface area contributed by atoms with Crippen molar-refractivity contribution in [3.8, 4) is 41.4 Å². The van der Waals surface area contributed by atoms with Gasteiger partial charge in [0.2, 0.25) is 52.6 Å². The van der Waals surface area contributed by atoms with E-state index in [0.717, 1.165) is 18.9 Å². The van der Waals surface area contributed by atoms with Crippen molar-refractivity contribution in [3.63, 3.8) is 0 Å². The van der Waals surface area contributed by atoms with E-state index in [1.165, 1.54) is 96.1 Å². The number of Topliss-reactive ketones (excluding diaryl/α,β-unsaturated/α-hetero) is 2. The second kappa shape index (κ2) is 45.6. The lowest BCUT2D eigenvalue weighted by Crippen LogP contribution is -2.65. The van der Waals surface area contributed by atoms with Crippen molar-refractivity contribution in [1.29, 1.82) is 0 Å². The number of hydrogen-bond acceptors (Lipinski definition) is 32. The van der Waals surface area contributed by atoms with Gasteiger partial charge in [0.05, 0.1) is 116 Å². The number of aliphatic hydroxyl groups is 5. The van der Waals surface area contributed by atoms with Gasteiger partial charge in [0.25, 0.3) is 0 Å². The van der Waals surface area contributed by atoms with E-state index >= 15 is 0 Å². The molecule has 4 fully saturated rings. The molecular formula is C76H109IN8O28S3. The number of allylic oxidation sites excluding steroid dienone is 3. The van der Waals surface area contributed by atoms with Gasteiger partial charge in [0.1, 0.15) is 30.5 Å². The van der Waals surface area contributed by atoms with E-state index in [1.807, 2.05) is 22.6 Å². The first kappa shape index (κ1) is 98.1. The zero-order valence-corrected chi connectivity index (χ0v) is 72.2. The molecule has 5 aliphatic rings. The van der Waals surface area contributed by atoms with E-state index in [-0.39, 0.29) is 102 Å². The number of nitrogens with two attached hydrogens (primary N) is 1. The first-order valence-electron chi connectivity index (χ1n) is 37.3. The number of primary amides is 1. The average molecular weight is 1810 g/mol. The summed E-state index contributed by atoms with van der Waals surface area (Å²) in [5, 5.41) is 65.0. The number of hydroxylamine groups is 1. The molecule has 0 spiro atoms. The van der Waals surface area contributed by atoms with E-state index in [2.05, 4.69) is 50.0 Å². The molecule has 17 unspecified atom stereocenters. The van der Waals surface area contributed by atoms with Gasteiger partial charge in [-0.15, -0.1) is 6.42 Å². The number of ketones is 2. The van der Waals surface area contributed by atoms with Gasteiger partial charge in [-0.3, -0.25) is 64.2 Å². The van der Waals surface area contributed by atoms with Crippen LogP contribution in [0, 0.1) is 40.6 Å². The molecule has 0 bridgehead atoms. The molecule has 4 heterocycles. The number of likely N-dealkylation sites (N-methyl/N-ethyl adjacent to an activating group) is 1. The summed E-state index contributed by atoms with van der Waals surface area (Å²) in [6.07, 6.45) is -12.0. The molecule has 4 saturated heterocycles. The Morgan fingerprint density at radius 3 is 2.14 bits per heavy atom. The maximum atomic E-state index is 14.6. The van der Waals surface area contributed by atoms with Crippen molar-refractivity contribution in [1.82, 2.24) is 37.2 Å². The van der Waals surface area contributed by atoms with Gasteiger partial charge in [-0.05, 0) is 102 Å². The van der Waals surface area contributed by atoms with Crippen molar-refractivity contribution in [2.24, 2.45) is 11.7 Å². The number of methoxy groups -OCH3 is 5. The molecule has 21 atom stereocenters. The van der Waals surface area contributed by atoms with Crippen molar-refractivity contribution in [2.45, 2.75) is 253 Å². The Balaban J connectivity index is 1.23. The molecule has 1 aromatic carbocycles. The van der Waals surface area contributed by atoms with Crippen LogP contribution in [0.3, 0.4) is 0 Å². The summed E-state index contributed by atoms with van der Waals surface area (Å²) in [5.74, 6) is 1.77. The highest BCUT2D eigenvalue weighted by Crippen LogP contribution is 2.49. The third kappa shape index (κ3) is 26.1. The van der Waals surface area contributed by atoms with Gasteiger partial charge in [0.15, 0.2) is 47.5 Å². The predicted molar refractivity (Wildman–Crippen MR) is 430 cm³/mol. The maximum Gasteiger partial charge on any atom is 0.411 e. The van der Waals surface area contributed by atoms with Crippen molar-refractivity contribution in [2.75, 3.05) is 61.5 Å². The number of aliphatic hydroxyl groups excluding tert-OH is 4. The second-order valence-electron chi connectivity index (χ2n) is 28.6. The third-order valence-electron chi connectivity index (χ3n) is 19.7. The Bertz CT molecular complexity index is 3860. The molecule has 116 heavy (non-hydrogen) atoms. The normalized spacial score (nSPS) is 28.6. The summed E-state index contributed by atoms with van der Waals surface area (Å²) in [6, 6.07) is -3.13. The molecule has 13 N–H and O–H groups in total. The summed E-state index contributed by atoms with van der Waals surface area (Å²) in [5.41, 5.74) is 10.4. The summed E-state index contributed by atoms with van der Waals surface area (Å²) in [6.45, 7) is 16.2. The molecule has 1 aliphatic carbocycles. The van der Waals surface area contributed by atoms with Crippen molar-refractivity contribution in [3.05, 3.63) is 49.8 Å². The first-order chi connectivity index (χ1) is 54.8. The lowest BCUT2D eigenvalue weighted by atomic mass is 9.75. The number of halogens is 1. The number of alkyl carbamates (subject to hydrolysis) is 1. The fourth-order valence-electron chi connectivity index (χ4n) is 13.6. The van der Waals surface area contributed by atoms with Gasteiger partial charge in [-0.2, -0.15) is 5.48 Å². The number of carbonyl (C=O) groups excluding carboxylic acids is 10. The van der Waals surface area contributed by atoms with E-state index in [1.54, 1.807) is 53.4 Å². The van der Waals surface area contributed by atoms with Crippen LogP contribution in [0.25, 0.3) is 0 Å². The number of rotatable bonds is 36. The van der Waals surface area contributed by atoms with Crippen LogP contribution in [0.15, 0.2) is 35.1 Å². The van der Waals surface area contributed by atoms with Crippen molar-refractivity contribution < 1.29 is 135 Å². The summed E-state index contributed by atoms with van der Waals surface area (Å²) in [7, 11) is 10.4. The van der Waals surface area contributed by atoms with Crippen LogP contribution in [-0.2, 0) is 85.8 Å². The predicted octanol–water partition coefficient (Wildman–Crippen LogP) is 2.00. The number of hydrogen-bond donors (Lipinski definition) is 12. The van der Waals surface area contributed by atoms with Gasteiger partial charge >= 0.3 is 6.09 Å². The molecule has 0 aromatic heterocycles. The number of nitrogens with zero attached hydrogens (tertiary/aromatic N) is 1. The number of terminal acetylenes is 1. The monoisotopic (exact) mass is 1800 g/mol. The number of thioether (sulfide) groups is 1. The minimum Gasteiger partial charge on any atom is -0.492 e. The lowest BCUT2D eigenvalue weighted by molar-refractivity contribution is -0.339. The highest BCUT2D eigenvalue weighted by atomic mass is 127. The van der Waals surface area contributed by atoms with Crippen LogP contribution >= 0.6 is 55.9 Å². The minimum atomic E-state index is -2.34. The first-order valence-corrected chi connectivity index (χ1v) is 41.6. The van der Waals surface area contributed by atoms with Crippen LogP contribution in [0.2, 0.25) is 0 Å². The van der Waals surface area contributed by atoms with Crippen LogP contribution in [0.4, 0.5) is 4.79 Å².